The molecule has 1 aromatic rings. The van der Waals surface area contributed by atoms with E-state index in [0.29, 0.717) is 0 Å². The van der Waals surface area contributed by atoms with Crippen molar-refractivity contribution in [3.8, 4) is 0 Å². The summed E-state index contributed by atoms with van der Waals surface area (Å²) in [5.41, 5.74) is 2.27. The fourth-order valence-electron chi connectivity index (χ4n) is 2.97. The van der Waals surface area contributed by atoms with Gasteiger partial charge < -0.3 is 5.11 Å². The third kappa shape index (κ3) is 3.37. The number of hydrogen-bond acceptors (Lipinski definition) is 2. The highest BCUT2D eigenvalue weighted by atomic mass is 16.3. The lowest BCUT2D eigenvalue weighted by Gasteiger charge is -2.29. The Morgan fingerprint density at radius 2 is 1.79 bits per heavy atom. The molecule has 1 aliphatic rings. The summed E-state index contributed by atoms with van der Waals surface area (Å²) in [4.78, 5) is 2.44. The van der Waals surface area contributed by atoms with Gasteiger partial charge in [-0.15, -0.1) is 0 Å². The van der Waals surface area contributed by atoms with E-state index >= 15 is 0 Å². The number of nitrogens with zero attached hydrogens (tertiary/aromatic N) is 1. The van der Waals surface area contributed by atoms with Crippen molar-refractivity contribution >= 4 is 0 Å². The fourth-order valence-corrected chi connectivity index (χ4v) is 2.97. The Morgan fingerprint density at radius 1 is 1.16 bits per heavy atom. The van der Waals surface area contributed by atoms with Crippen LogP contribution in [0.3, 0.4) is 0 Å². The number of hydrogen-bond donors (Lipinski definition) is 1. The maximum atomic E-state index is 10.5. The zero-order valence-electron chi connectivity index (χ0n) is 12.6. The predicted molar refractivity (Wildman–Crippen MR) is 80.1 cm³/mol. The van der Waals surface area contributed by atoms with Crippen LogP contribution in [0, 0.1) is 18.8 Å². The van der Waals surface area contributed by atoms with E-state index in [1.54, 1.807) is 0 Å². The van der Waals surface area contributed by atoms with E-state index in [1.165, 1.54) is 12.0 Å². The van der Waals surface area contributed by atoms with Gasteiger partial charge in [-0.3, -0.25) is 4.90 Å². The largest absolute Gasteiger partial charge is 0.387 e. The number of rotatable bonds is 4. The van der Waals surface area contributed by atoms with Gasteiger partial charge in [-0.05, 0) is 44.2 Å². The number of aryl methyl sites for hydroxylation is 1. The average molecular weight is 261 g/mol. The van der Waals surface area contributed by atoms with Crippen molar-refractivity contribution in [1.82, 2.24) is 4.90 Å². The number of aliphatic hydroxyl groups excluding tert-OH is 1. The van der Waals surface area contributed by atoms with Crippen LogP contribution in [0.4, 0.5) is 0 Å². The minimum Gasteiger partial charge on any atom is -0.387 e. The summed E-state index contributed by atoms with van der Waals surface area (Å²) in [5, 5.41) is 10.5. The summed E-state index contributed by atoms with van der Waals surface area (Å²) >= 11 is 0. The molecule has 3 atom stereocenters. The standard InChI is InChI=1S/C17H27NO/c1-12(2)16-9-10-18(11-16)14(4)17(19)15-7-5-13(3)6-8-15/h5-8,12,14,16-17,19H,9-11H2,1-4H3. The van der Waals surface area contributed by atoms with Crippen molar-refractivity contribution in [2.24, 2.45) is 11.8 Å². The predicted octanol–water partition coefficient (Wildman–Crippen LogP) is 3.39. The molecule has 1 saturated heterocycles. The SMILES string of the molecule is Cc1ccc(C(O)C(C)N2CCC(C(C)C)C2)cc1. The number of likely N-dealkylation sites (tertiary alicyclic amines) is 1. The summed E-state index contributed by atoms with van der Waals surface area (Å²) in [6, 6.07) is 8.45. The summed E-state index contributed by atoms with van der Waals surface area (Å²) in [6.45, 7) is 11.1. The molecule has 0 aromatic heterocycles. The summed E-state index contributed by atoms with van der Waals surface area (Å²) in [5.74, 6) is 1.53. The van der Waals surface area contributed by atoms with Crippen LogP contribution in [0.15, 0.2) is 24.3 Å². The third-order valence-corrected chi connectivity index (χ3v) is 4.65. The van der Waals surface area contributed by atoms with E-state index in [1.807, 2.05) is 12.1 Å². The third-order valence-electron chi connectivity index (χ3n) is 4.65. The first-order chi connectivity index (χ1) is 8.99. The highest BCUT2D eigenvalue weighted by Gasteiger charge is 2.31. The lowest BCUT2D eigenvalue weighted by atomic mass is 9.95. The Kier molecular flexibility index (Phi) is 4.64. The molecule has 0 bridgehead atoms. The molecule has 1 aromatic carbocycles. The first-order valence-electron chi connectivity index (χ1n) is 7.47. The van der Waals surface area contributed by atoms with Crippen LogP contribution in [-0.2, 0) is 0 Å². The van der Waals surface area contributed by atoms with Gasteiger partial charge in [0.25, 0.3) is 0 Å². The van der Waals surface area contributed by atoms with Gasteiger partial charge in [0.15, 0.2) is 0 Å². The van der Waals surface area contributed by atoms with Crippen molar-refractivity contribution in [3.05, 3.63) is 35.4 Å². The topological polar surface area (TPSA) is 23.5 Å². The molecule has 1 N–H and O–H groups in total. The summed E-state index contributed by atoms with van der Waals surface area (Å²) in [7, 11) is 0. The fraction of sp³-hybridized carbons (Fsp3) is 0.647. The molecule has 2 heteroatoms. The van der Waals surface area contributed by atoms with Gasteiger partial charge in [0, 0.05) is 12.6 Å². The molecule has 0 aliphatic carbocycles. The van der Waals surface area contributed by atoms with Crippen LogP contribution in [0.1, 0.15) is 44.4 Å². The molecule has 0 spiro atoms. The van der Waals surface area contributed by atoms with Crippen LogP contribution < -0.4 is 0 Å². The van der Waals surface area contributed by atoms with Crippen LogP contribution >= 0.6 is 0 Å². The first-order valence-corrected chi connectivity index (χ1v) is 7.47. The molecule has 0 radical (unpaired) electrons. The second-order valence-corrected chi connectivity index (χ2v) is 6.38. The quantitative estimate of drug-likeness (QED) is 0.898. The zero-order valence-corrected chi connectivity index (χ0v) is 12.6. The van der Waals surface area contributed by atoms with Gasteiger partial charge in [0.1, 0.15) is 0 Å². The molecule has 0 saturated carbocycles. The van der Waals surface area contributed by atoms with Crippen molar-refractivity contribution in [2.45, 2.75) is 46.3 Å². The second-order valence-electron chi connectivity index (χ2n) is 6.38. The van der Waals surface area contributed by atoms with Crippen molar-refractivity contribution in [2.75, 3.05) is 13.1 Å². The molecule has 0 amide bonds. The highest BCUT2D eigenvalue weighted by molar-refractivity contribution is 5.24. The molecule has 1 heterocycles. The van der Waals surface area contributed by atoms with Gasteiger partial charge in [-0.2, -0.15) is 0 Å². The minimum atomic E-state index is -0.383. The molecule has 19 heavy (non-hydrogen) atoms. The Balaban J connectivity index is 2.00. The Hall–Kier alpha value is -0.860. The van der Waals surface area contributed by atoms with Crippen LogP contribution in [0.25, 0.3) is 0 Å². The van der Waals surface area contributed by atoms with Crippen LogP contribution in [0.2, 0.25) is 0 Å². The van der Waals surface area contributed by atoms with E-state index in [2.05, 4.69) is 44.7 Å². The van der Waals surface area contributed by atoms with Gasteiger partial charge in [-0.1, -0.05) is 43.7 Å². The van der Waals surface area contributed by atoms with Gasteiger partial charge in [-0.25, -0.2) is 0 Å². The second kappa shape index (κ2) is 6.06. The Bertz CT molecular complexity index is 398. The zero-order chi connectivity index (χ0) is 14.0. The lowest BCUT2D eigenvalue weighted by Crippen LogP contribution is -2.36. The van der Waals surface area contributed by atoms with Gasteiger partial charge in [0.2, 0.25) is 0 Å². The number of benzene rings is 1. The van der Waals surface area contributed by atoms with Gasteiger partial charge >= 0.3 is 0 Å². The van der Waals surface area contributed by atoms with E-state index in [9.17, 15) is 5.11 Å². The van der Waals surface area contributed by atoms with Crippen LogP contribution in [-0.4, -0.2) is 29.1 Å². The normalized spacial score (nSPS) is 23.8. The minimum absolute atomic E-state index is 0.200. The summed E-state index contributed by atoms with van der Waals surface area (Å²) in [6.07, 6.45) is 0.884. The molecular weight excluding hydrogens is 234 g/mol. The van der Waals surface area contributed by atoms with E-state index in [4.69, 9.17) is 0 Å². The molecule has 2 rings (SSSR count). The molecule has 2 nitrogen and oxygen atoms in total. The lowest BCUT2D eigenvalue weighted by molar-refractivity contribution is 0.0682. The Morgan fingerprint density at radius 3 is 2.32 bits per heavy atom. The van der Waals surface area contributed by atoms with E-state index in [-0.39, 0.29) is 12.1 Å². The van der Waals surface area contributed by atoms with Crippen LogP contribution in [0.5, 0.6) is 0 Å². The average Bonchev–Trinajstić information content (AvgIpc) is 2.87. The molecule has 106 valence electrons. The van der Waals surface area contributed by atoms with Crippen molar-refractivity contribution in [3.63, 3.8) is 0 Å². The van der Waals surface area contributed by atoms with Crippen molar-refractivity contribution < 1.29 is 5.11 Å². The Labute approximate surface area is 117 Å². The highest BCUT2D eigenvalue weighted by Crippen LogP contribution is 2.29. The maximum absolute atomic E-state index is 10.5. The molecule has 1 aliphatic heterocycles. The monoisotopic (exact) mass is 261 g/mol. The van der Waals surface area contributed by atoms with E-state index < -0.39 is 0 Å². The smallest absolute Gasteiger partial charge is 0.0942 e. The number of aliphatic hydroxyl groups is 1. The van der Waals surface area contributed by atoms with Gasteiger partial charge in [0.05, 0.1) is 6.10 Å². The summed E-state index contributed by atoms with van der Waals surface area (Å²) < 4.78 is 0. The van der Waals surface area contributed by atoms with E-state index in [0.717, 1.165) is 30.5 Å². The van der Waals surface area contributed by atoms with Crippen molar-refractivity contribution in [1.29, 1.82) is 0 Å². The first kappa shape index (κ1) is 14.5. The molecule has 3 unspecified atom stereocenters. The molecule has 1 fully saturated rings. The maximum Gasteiger partial charge on any atom is 0.0942 e. The molecular formula is C17H27NO.